The van der Waals surface area contributed by atoms with Gasteiger partial charge in [0.25, 0.3) is 0 Å². The zero-order valence-electron chi connectivity index (χ0n) is 10.3. The van der Waals surface area contributed by atoms with Crippen molar-refractivity contribution in [2.24, 2.45) is 5.92 Å². The minimum absolute atomic E-state index is 0.0245. The number of rotatable bonds is 2. The summed E-state index contributed by atoms with van der Waals surface area (Å²) in [6.45, 7) is 4.41. The van der Waals surface area contributed by atoms with Crippen LogP contribution in [0.4, 0.5) is 0 Å². The molecule has 3 heteroatoms. The highest BCUT2D eigenvalue weighted by molar-refractivity contribution is 4.78. The van der Waals surface area contributed by atoms with Gasteiger partial charge in [-0.1, -0.05) is 6.92 Å². The van der Waals surface area contributed by atoms with Crippen molar-refractivity contribution in [3.63, 3.8) is 0 Å². The highest BCUT2D eigenvalue weighted by atomic mass is 16.7. The summed E-state index contributed by atoms with van der Waals surface area (Å²) in [6, 6.07) is 0.615. The largest absolute Gasteiger partial charge is 0.356 e. The van der Waals surface area contributed by atoms with Crippen molar-refractivity contribution in [2.45, 2.75) is 38.7 Å². The number of hydrogen-bond acceptors (Lipinski definition) is 2. The van der Waals surface area contributed by atoms with Crippen LogP contribution in [0.1, 0.15) is 20.3 Å². The van der Waals surface area contributed by atoms with Gasteiger partial charge < -0.3 is 14.0 Å². The lowest BCUT2D eigenvalue weighted by Gasteiger charge is -2.45. The summed E-state index contributed by atoms with van der Waals surface area (Å²) < 4.78 is 12.0. The Hall–Kier alpha value is -0.120. The fourth-order valence-corrected chi connectivity index (χ4v) is 2.32. The van der Waals surface area contributed by atoms with E-state index in [2.05, 4.69) is 35.0 Å². The molecular weight excluding hydrogens is 178 g/mol. The van der Waals surface area contributed by atoms with Crippen molar-refractivity contribution >= 4 is 0 Å². The standard InChI is InChI=1S/C11H24NO2/c1-8-9(2)14-11(13-6)7-10(8)12(3,4)5/h8-11H,7H2,1-6H3/q+1/t8-,9?,10?,11?/m1/s1. The van der Waals surface area contributed by atoms with Crippen molar-refractivity contribution in [1.29, 1.82) is 0 Å². The first kappa shape index (κ1) is 12.0. The molecule has 0 aromatic carbocycles. The second-order valence-electron chi connectivity index (χ2n) is 5.28. The van der Waals surface area contributed by atoms with Crippen LogP contribution in [0.5, 0.6) is 0 Å². The molecule has 1 aliphatic rings. The van der Waals surface area contributed by atoms with Gasteiger partial charge in [-0.15, -0.1) is 0 Å². The second kappa shape index (κ2) is 4.17. The molecule has 0 N–H and O–H groups in total. The van der Waals surface area contributed by atoms with Crippen LogP contribution in [0, 0.1) is 5.92 Å². The molecule has 4 atom stereocenters. The van der Waals surface area contributed by atoms with Crippen LogP contribution < -0.4 is 0 Å². The Bertz CT molecular complexity index is 188. The quantitative estimate of drug-likeness (QED) is 0.631. The fourth-order valence-electron chi connectivity index (χ4n) is 2.32. The molecule has 3 unspecified atom stereocenters. The third kappa shape index (κ3) is 2.47. The van der Waals surface area contributed by atoms with E-state index in [9.17, 15) is 0 Å². The smallest absolute Gasteiger partial charge is 0.163 e. The lowest BCUT2D eigenvalue weighted by Crippen LogP contribution is -2.56. The van der Waals surface area contributed by atoms with Gasteiger partial charge in [0.2, 0.25) is 0 Å². The first-order chi connectivity index (χ1) is 6.36. The SMILES string of the molecule is COC1CC([N+](C)(C)C)[C@H](C)C(C)O1. The van der Waals surface area contributed by atoms with Crippen LogP contribution in [0.2, 0.25) is 0 Å². The molecule has 1 aliphatic heterocycles. The van der Waals surface area contributed by atoms with Crippen LogP contribution in [-0.2, 0) is 9.47 Å². The summed E-state index contributed by atoms with van der Waals surface area (Å²) in [5.41, 5.74) is 0. The number of ether oxygens (including phenoxy) is 2. The molecule has 0 amide bonds. The Labute approximate surface area is 87.6 Å². The zero-order valence-corrected chi connectivity index (χ0v) is 10.3. The summed E-state index contributed by atoms with van der Waals surface area (Å²) in [4.78, 5) is 0. The van der Waals surface area contributed by atoms with Crippen molar-refractivity contribution in [3.8, 4) is 0 Å². The average Bonchev–Trinajstić information content (AvgIpc) is 2.07. The lowest BCUT2D eigenvalue weighted by molar-refractivity contribution is -0.903. The van der Waals surface area contributed by atoms with E-state index in [1.54, 1.807) is 7.11 Å². The molecule has 0 saturated carbocycles. The van der Waals surface area contributed by atoms with Crippen molar-refractivity contribution in [1.82, 2.24) is 0 Å². The summed E-state index contributed by atoms with van der Waals surface area (Å²) in [6.07, 6.45) is 1.26. The molecule has 14 heavy (non-hydrogen) atoms. The summed E-state index contributed by atoms with van der Waals surface area (Å²) in [7, 11) is 8.45. The molecule has 3 nitrogen and oxygen atoms in total. The van der Waals surface area contributed by atoms with Gasteiger partial charge in [-0.25, -0.2) is 0 Å². The zero-order chi connectivity index (χ0) is 10.9. The predicted octanol–water partition coefficient (Wildman–Crippen LogP) is 1.48. The summed E-state index contributed by atoms with van der Waals surface area (Å²) in [5, 5.41) is 0. The molecule has 1 fully saturated rings. The highest BCUT2D eigenvalue weighted by Gasteiger charge is 2.40. The Kier molecular flexibility index (Phi) is 3.56. The first-order valence-electron chi connectivity index (χ1n) is 5.35. The van der Waals surface area contributed by atoms with Crippen LogP contribution in [0.15, 0.2) is 0 Å². The molecule has 1 heterocycles. The van der Waals surface area contributed by atoms with Gasteiger partial charge >= 0.3 is 0 Å². The molecule has 0 aliphatic carbocycles. The third-order valence-electron chi connectivity index (χ3n) is 3.41. The predicted molar refractivity (Wildman–Crippen MR) is 56.9 cm³/mol. The van der Waals surface area contributed by atoms with Gasteiger partial charge in [-0.3, -0.25) is 0 Å². The van der Waals surface area contributed by atoms with Crippen molar-refractivity contribution in [2.75, 3.05) is 28.3 Å². The molecule has 84 valence electrons. The van der Waals surface area contributed by atoms with E-state index in [1.807, 2.05) is 0 Å². The normalized spacial score (nSPS) is 39.9. The molecule has 0 spiro atoms. The van der Waals surface area contributed by atoms with E-state index in [0.717, 1.165) is 10.9 Å². The third-order valence-corrected chi connectivity index (χ3v) is 3.41. The van der Waals surface area contributed by atoms with Crippen LogP contribution >= 0.6 is 0 Å². The van der Waals surface area contributed by atoms with E-state index < -0.39 is 0 Å². The molecule has 0 bridgehead atoms. The Morgan fingerprint density at radius 2 is 1.79 bits per heavy atom. The summed E-state index contributed by atoms with van der Waals surface area (Å²) >= 11 is 0. The number of quaternary nitrogens is 1. The van der Waals surface area contributed by atoms with E-state index in [1.165, 1.54) is 0 Å². The van der Waals surface area contributed by atoms with Gasteiger partial charge in [-0.05, 0) is 6.92 Å². The van der Waals surface area contributed by atoms with E-state index >= 15 is 0 Å². The number of nitrogens with zero attached hydrogens (tertiary/aromatic N) is 1. The Morgan fingerprint density at radius 1 is 1.21 bits per heavy atom. The molecular formula is C11H24NO2+. The van der Waals surface area contributed by atoms with Crippen LogP contribution in [-0.4, -0.2) is 51.2 Å². The average molecular weight is 202 g/mol. The van der Waals surface area contributed by atoms with E-state index in [4.69, 9.17) is 9.47 Å². The molecule has 0 radical (unpaired) electrons. The maximum atomic E-state index is 5.74. The molecule has 0 aromatic heterocycles. The molecule has 0 aromatic rings. The van der Waals surface area contributed by atoms with Crippen LogP contribution in [0.3, 0.4) is 0 Å². The molecule has 1 rings (SSSR count). The highest BCUT2D eigenvalue weighted by Crippen LogP contribution is 2.30. The molecule has 1 saturated heterocycles. The van der Waals surface area contributed by atoms with E-state index in [0.29, 0.717) is 12.0 Å². The number of methoxy groups -OCH3 is 1. The lowest BCUT2D eigenvalue weighted by atomic mass is 9.89. The van der Waals surface area contributed by atoms with E-state index in [-0.39, 0.29) is 12.4 Å². The topological polar surface area (TPSA) is 18.5 Å². The van der Waals surface area contributed by atoms with Crippen molar-refractivity contribution in [3.05, 3.63) is 0 Å². The monoisotopic (exact) mass is 202 g/mol. The second-order valence-corrected chi connectivity index (χ2v) is 5.28. The summed E-state index contributed by atoms with van der Waals surface area (Å²) in [5.74, 6) is 0.585. The number of hydrogen-bond donors (Lipinski definition) is 0. The van der Waals surface area contributed by atoms with Gasteiger partial charge in [-0.2, -0.15) is 0 Å². The maximum Gasteiger partial charge on any atom is 0.163 e. The Balaban J connectivity index is 2.73. The fraction of sp³-hybridized carbons (Fsp3) is 1.00. The van der Waals surface area contributed by atoms with Crippen molar-refractivity contribution < 1.29 is 14.0 Å². The first-order valence-corrected chi connectivity index (χ1v) is 5.35. The maximum absolute atomic E-state index is 5.74. The van der Waals surface area contributed by atoms with Gasteiger partial charge in [0.05, 0.1) is 39.7 Å². The Morgan fingerprint density at radius 3 is 2.21 bits per heavy atom. The van der Waals surface area contributed by atoms with Gasteiger partial charge in [0.15, 0.2) is 6.29 Å². The minimum Gasteiger partial charge on any atom is -0.356 e. The minimum atomic E-state index is -0.0245. The van der Waals surface area contributed by atoms with Crippen LogP contribution in [0.25, 0.3) is 0 Å². The van der Waals surface area contributed by atoms with Gasteiger partial charge in [0, 0.05) is 13.0 Å². The van der Waals surface area contributed by atoms with Gasteiger partial charge in [0.1, 0.15) is 0 Å².